The van der Waals surface area contributed by atoms with Crippen LogP contribution in [0.4, 0.5) is 4.39 Å². The van der Waals surface area contributed by atoms with Crippen LogP contribution < -0.4 is 5.73 Å². The number of carbonyl (C=O) groups excluding carboxylic acids is 1. The van der Waals surface area contributed by atoms with E-state index in [1.165, 1.54) is 29.8 Å². The summed E-state index contributed by atoms with van der Waals surface area (Å²) in [5.74, 6) is -0.0531. The molecule has 3 rings (SSSR count). The van der Waals surface area contributed by atoms with Crippen molar-refractivity contribution in [2.45, 2.75) is 18.9 Å². The SMILES string of the molecule is NC1CC(Cc2ccccc2)CN(C(=O)c2ccc(F)cc2)C1. The third-order valence-electron chi connectivity index (χ3n) is 4.32. The Morgan fingerprint density at radius 2 is 1.78 bits per heavy atom. The van der Waals surface area contributed by atoms with Crippen molar-refractivity contribution in [3.63, 3.8) is 0 Å². The number of carbonyl (C=O) groups is 1. The molecule has 0 aromatic heterocycles. The van der Waals surface area contributed by atoms with Crippen molar-refractivity contribution in [3.8, 4) is 0 Å². The lowest BCUT2D eigenvalue weighted by Gasteiger charge is -2.36. The van der Waals surface area contributed by atoms with Gasteiger partial charge in [-0.15, -0.1) is 0 Å². The van der Waals surface area contributed by atoms with E-state index in [2.05, 4.69) is 12.1 Å². The van der Waals surface area contributed by atoms with Crippen LogP contribution in [0, 0.1) is 11.7 Å². The molecule has 1 fully saturated rings. The van der Waals surface area contributed by atoms with Crippen LogP contribution in [0.25, 0.3) is 0 Å². The molecule has 2 N–H and O–H groups in total. The van der Waals surface area contributed by atoms with Gasteiger partial charge in [0.05, 0.1) is 0 Å². The Balaban J connectivity index is 1.70. The largest absolute Gasteiger partial charge is 0.337 e. The summed E-state index contributed by atoms with van der Waals surface area (Å²) in [6.07, 6.45) is 1.84. The number of hydrogen-bond acceptors (Lipinski definition) is 2. The molecule has 1 heterocycles. The van der Waals surface area contributed by atoms with Crippen LogP contribution >= 0.6 is 0 Å². The van der Waals surface area contributed by atoms with Crippen LogP contribution in [-0.4, -0.2) is 29.9 Å². The molecule has 0 bridgehead atoms. The van der Waals surface area contributed by atoms with Crippen molar-refractivity contribution >= 4 is 5.91 Å². The van der Waals surface area contributed by atoms with E-state index in [1.807, 2.05) is 18.2 Å². The third-order valence-corrected chi connectivity index (χ3v) is 4.32. The zero-order valence-corrected chi connectivity index (χ0v) is 13.0. The van der Waals surface area contributed by atoms with E-state index in [0.29, 0.717) is 24.6 Å². The number of piperidine rings is 1. The fourth-order valence-electron chi connectivity index (χ4n) is 3.28. The molecule has 2 aromatic rings. The quantitative estimate of drug-likeness (QED) is 0.947. The average molecular weight is 312 g/mol. The molecular weight excluding hydrogens is 291 g/mol. The fraction of sp³-hybridized carbons (Fsp3) is 0.316. The van der Waals surface area contributed by atoms with E-state index in [9.17, 15) is 9.18 Å². The first kappa shape index (κ1) is 15.7. The standard InChI is InChI=1S/C19H21FN2O/c20-17-8-6-16(7-9-17)19(23)22-12-15(11-18(21)13-22)10-14-4-2-1-3-5-14/h1-9,15,18H,10-13,21H2. The summed E-state index contributed by atoms with van der Waals surface area (Å²) in [5.41, 5.74) is 7.93. The van der Waals surface area contributed by atoms with E-state index < -0.39 is 0 Å². The maximum absolute atomic E-state index is 13.0. The molecule has 4 heteroatoms. The first-order valence-corrected chi connectivity index (χ1v) is 7.96. The molecule has 2 atom stereocenters. The number of benzene rings is 2. The summed E-state index contributed by atoms with van der Waals surface area (Å²) < 4.78 is 13.0. The molecule has 2 unspecified atom stereocenters. The summed E-state index contributed by atoms with van der Waals surface area (Å²) in [6.45, 7) is 1.25. The second-order valence-corrected chi connectivity index (χ2v) is 6.27. The van der Waals surface area contributed by atoms with Crippen molar-refractivity contribution in [1.82, 2.24) is 4.90 Å². The molecular formula is C19H21FN2O. The van der Waals surface area contributed by atoms with Gasteiger partial charge in [-0.2, -0.15) is 0 Å². The summed E-state index contributed by atoms with van der Waals surface area (Å²) in [4.78, 5) is 14.4. The van der Waals surface area contributed by atoms with Gasteiger partial charge >= 0.3 is 0 Å². The maximum atomic E-state index is 13.0. The number of nitrogens with zero attached hydrogens (tertiary/aromatic N) is 1. The molecule has 2 aromatic carbocycles. The minimum absolute atomic E-state index is 0.0122. The number of halogens is 1. The molecule has 1 amide bonds. The Hall–Kier alpha value is -2.20. The predicted octanol–water partition coefficient (Wildman–Crippen LogP) is 2.86. The summed E-state index contributed by atoms with van der Waals surface area (Å²) in [5, 5.41) is 0. The molecule has 0 aliphatic carbocycles. The van der Waals surface area contributed by atoms with E-state index in [-0.39, 0.29) is 17.8 Å². The second kappa shape index (κ2) is 6.92. The molecule has 1 aliphatic heterocycles. The van der Waals surface area contributed by atoms with Crippen molar-refractivity contribution in [2.24, 2.45) is 11.7 Å². The summed E-state index contributed by atoms with van der Waals surface area (Å²) in [6, 6.07) is 15.9. The van der Waals surface area contributed by atoms with Gasteiger partial charge in [0.15, 0.2) is 0 Å². The lowest BCUT2D eigenvalue weighted by Crippen LogP contribution is -2.49. The molecule has 1 aliphatic rings. The van der Waals surface area contributed by atoms with Crippen LogP contribution in [0.5, 0.6) is 0 Å². The van der Waals surface area contributed by atoms with Gasteiger partial charge < -0.3 is 10.6 Å². The summed E-state index contributed by atoms with van der Waals surface area (Å²) in [7, 11) is 0. The minimum atomic E-state index is -0.334. The van der Waals surface area contributed by atoms with Gasteiger partial charge in [-0.25, -0.2) is 4.39 Å². The maximum Gasteiger partial charge on any atom is 0.253 e. The highest BCUT2D eigenvalue weighted by atomic mass is 19.1. The molecule has 3 nitrogen and oxygen atoms in total. The Morgan fingerprint density at radius 1 is 1.09 bits per heavy atom. The van der Waals surface area contributed by atoms with Crippen LogP contribution in [0.15, 0.2) is 54.6 Å². The summed E-state index contributed by atoms with van der Waals surface area (Å²) >= 11 is 0. The van der Waals surface area contributed by atoms with Crippen molar-refractivity contribution < 1.29 is 9.18 Å². The van der Waals surface area contributed by atoms with Crippen molar-refractivity contribution in [1.29, 1.82) is 0 Å². The first-order valence-electron chi connectivity index (χ1n) is 7.96. The fourth-order valence-corrected chi connectivity index (χ4v) is 3.28. The number of nitrogens with two attached hydrogens (primary N) is 1. The Labute approximate surface area is 135 Å². The lowest BCUT2D eigenvalue weighted by molar-refractivity contribution is 0.0649. The highest BCUT2D eigenvalue weighted by molar-refractivity contribution is 5.94. The number of rotatable bonds is 3. The highest BCUT2D eigenvalue weighted by Crippen LogP contribution is 2.22. The monoisotopic (exact) mass is 312 g/mol. The molecule has 0 radical (unpaired) electrons. The Morgan fingerprint density at radius 3 is 2.48 bits per heavy atom. The third kappa shape index (κ3) is 3.96. The van der Waals surface area contributed by atoms with Crippen molar-refractivity contribution in [2.75, 3.05) is 13.1 Å². The second-order valence-electron chi connectivity index (χ2n) is 6.27. The smallest absolute Gasteiger partial charge is 0.253 e. The van der Waals surface area contributed by atoms with Crippen LogP contribution in [-0.2, 0) is 6.42 Å². The van der Waals surface area contributed by atoms with E-state index in [0.717, 1.165) is 12.8 Å². The lowest BCUT2D eigenvalue weighted by atomic mass is 9.89. The van der Waals surface area contributed by atoms with Crippen LogP contribution in [0.2, 0.25) is 0 Å². The Kier molecular flexibility index (Phi) is 4.72. The van der Waals surface area contributed by atoms with E-state index in [1.54, 1.807) is 4.90 Å². The van der Waals surface area contributed by atoms with Crippen molar-refractivity contribution in [3.05, 3.63) is 71.5 Å². The molecule has 0 spiro atoms. The normalized spacial score (nSPS) is 21.2. The Bertz CT molecular complexity index is 657. The van der Waals surface area contributed by atoms with Gasteiger partial charge in [0.25, 0.3) is 5.91 Å². The van der Waals surface area contributed by atoms with Gasteiger partial charge in [0.2, 0.25) is 0 Å². The van der Waals surface area contributed by atoms with Gasteiger partial charge in [0, 0.05) is 24.7 Å². The predicted molar refractivity (Wildman–Crippen MR) is 88.5 cm³/mol. The average Bonchev–Trinajstić information content (AvgIpc) is 2.55. The van der Waals surface area contributed by atoms with E-state index in [4.69, 9.17) is 5.73 Å². The van der Waals surface area contributed by atoms with Crippen LogP contribution in [0.3, 0.4) is 0 Å². The zero-order chi connectivity index (χ0) is 16.2. The van der Waals surface area contributed by atoms with Gasteiger partial charge in [-0.05, 0) is 48.6 Å². The van der Waals surface area contributed by atoms with Gasteiger partial charge in [-0.3, -0.25) is 4.79 Å². The number of amides is 1. The van der Waals surface area contributed by atoms with E-state index >= 15 is 0 Å². The molecule has 0 saturated carbocycles. The topological polar surface area (TPSA) is 46.3 Å². The molecule has 1 saturated heterocycles. The van der Waals surface area contributed by atoms with Crippen LogP contribution in [0.1, 0.15) is 22.3 Å². The number of likely N-dealkylation sites (tertiary alicyclic amines) is 1. The minimum Gasteiger partial charge on any atom is -0.337 e. The molecule has 23 heavy (non-hydrogen) atoms. The van der Waals surface area contributed by atoms with Gasteiger partial charge in [-0.1, -0.05) is 30.3 Å². The van der Waals surface area contributed by atoms with Gasteiger partial charge in [0.1, 0.15) is 5.82 Å². The molecule has 120 valence electrons. The highest BCUT2D eigenvalue weighted by Gasteiger charge is 2.28. The number of hydrogen-bond donors (Lipinski definition) is 1. The first-order chi connectivity index (χ1) is 11.1. The zero-order valence-electron chi connectivity index (χ0n) is 13.0.